The molecule has 0 saturated heterocycles. The lowest BCUT2D eigenvalue weighted by Gasteiger charge is -2.04. The van der Waals surface area contributed by atoms with Gasteiger partial charge in [0.2, 0.25) is 0 Å². The Hall–Kier alpha value is -0.480. The SMILES string of the molecule is CCSCCCn1nccc1CN. The van der Waals surface area contributed by atoms with Crippen molar-refractivity contribution in [2.45, 2.75) is 26.4 Å². The van der Waals surface area contributed by atoms with Gasteiger partial charge in [-0.15, -0.1) is 0 Å². The van der Waals surface area contributed by atoms with Gasteiger partial charge >= 0.3 is 0 Å². The minimum atomic E-state index is 0.584. The van der Waals surface area contributed by atoms with E-state index in [4.69, 9.17) is 5.73 Å². The second-order valence-corrected chi connectivity index (χ2v) is 4.19. The van der Waals surface area contributed by atoms with Crippen molar-refractivity contribution < 1.29 is 0 Å². The van der Waals surface area contributed by atoms with Gasteiger partial charge in [0.15, 0.2) is 0 Å². The van der Waals surface area contributed by atoms with Crippen LogP contribution >= 0.6 is 11.8 Å². The molecule has 0 saturated carbocycles. The summed E-state index contributed by atoms with van der Waals surface area (Å²) in [6.07, 6.45) is 2.99. The predicted octanol–water partition coefficient (Wildman–Crippen LogP) is 1.48. The number of aromatic nitrogens is 2. The highest BCUT2D eigenvalue weighted by molar-refractivity contribution is 7.99. The second kappa shape index (κ2) is 6.05. The van der Waals surface area contributed by atoms with Crippen molar-refractivity contribution in [3.63, 3.8) is 0 Å². The van der Waals surface area contributed by atoms with Gasteiger partial charge in [-0.2, -0.15) is 16.9 Å². The van der Waals surface area contributed by atoms with Crippen molar-refractivity contribution in [3.05, 3.63) is 18.0 Å². The van der Waals surface area contributed by atoms with E-state index < -0.39 is 0 Å². The first-order valence-corrected chi connectivity index (χ1v) is 5.82. The van der Waals surface area contributed by atoms with Crippen LogP contribution in [0.1, 0.15) is 19.0 Å². The third-order valence-electron chi connectivity index (χ3n) is 1.88. The fourth-order valence-electron chi connectivity index (χ4n) is 1.20. The fraction of sp³-hybridized carbons (Fsp3) is 0.667. The average Bonchev–Trinajstić information content (AvgIpc) is 2.60. The number of thioether (sulfide) groups is 1. The van der Waals surface area contributed by atoms with Crippen molar-refractivity contribution >= 4 is 11.8 Å². The zero-order valence-corrected chi connectivity index (χ0v) is 8.89. The van der Waals surface area contributed by atoms with E-state index in [1.54, 1.807) is 0 Å². The summed E-state index contributed by atoms with van der Waals surface area (Å²) in [7, 11) is 0. The Kier molecular flexibility index (Phi) is 4.93. The van der Waals surface area contributed by atoms with Crippen LogP contribution in [0.25, 0.3) is 0 Å². The zero-order valence-electron chi connectivity index (χ0n) is 8.07. The molecule has 13 heavy (non-hydrogen) atoms. The molecule has 0 radical (unpaired) electrons. The maximum atomic E-state index is 5.56. The monoisotopic (exact) mass is 199 g/mol. The molecule has 0 amide bonds. The first-order valence-electron chi connectivity index (χ1n) is 4.67. The van der Waals surface area contributed by atoms with Crippen LogP contribution in [0.3, 0.4) is 0 Å². The Bertz CT molecular complexity index is 235. The van der Waals surface area contributed by atoms with Gasteiger partial charge in [0.25, 0.3) is 0 Å². The summed E-state index contributed by atoms with van der Waals surface area (Å²) in [6.45, 7) is 3.76. The van der Waals surface area contributed by atoms with Crippen LogP contribution < -0.4 is 5.73 Å². The molecule has 3 nitrogen and oxygen atoms in total. The molecule has 1 rings (SSSR count). The van der Waals surface area contributed by atoms with Crippen molar-refractivity contribution in [2.75, 3.05) is 11.5 Å². The maximum Gasteiger partial charge on any atom is 0.0519 e. The Labute approximate surface area is 83.7 Å². The van der Waals surface area contributed by atoms with E-state index in [1.165, 1.54) is 17.9 Å². The standard InChI is InChI=1S/C9H17N3S/c1-2-13-7-3-6-12-9(8-10)4-5-11-12/h4-5H,2-3,6-8,10H2,1H3. The lowest BCUT2D eigenvalue weighted by atomic mass is 10.4. The van der Waals surface area contributed by atoms with Gasteiger partial charge in [-0.25, -0.2) is 0 Å². The summed E-state index contributed by atoms with van der Waals surface area (Å²) in [5.41, 5.74) is 6.69. The molecule has 0 unspecified atom stereocenters. The molecule has 1 aromatic heterocycles. The highest BCUT2D eigenvalue weighted by atomic mass is 32.2. The van der Waals surface area contributed by atoms with Crippen LogP contribution in [-0.4, -0.2) is 21.3 Å². The van der Waals surface area contributed by atoms with Gasteiger partial charge in [0.1, 0.15) is 0 Å². The molecule has 1 heterocycles. The molecule has 0 bridgehead atoms. The number of aryl methyl sites for hydroxylation is 1. The Morgan fingerprint density at radius 2 is 2.46 bits per heavy atom. The molecule has 4 heteroatoms. The van der Waals surface area contributed by atoms with Gasteiger partial charge in [-0.1, -0.05) is 6.92 Å². The van der Waals surface area contributed by atoms with Crippen LogP contribution in [0.2, 0.25) is 0 Å². The summed E-state index contributed by atoms with van der Waals surface area (Å²) in [6, 6.07) is 1.98. The van der Waals surface area contributed by atoms with E-state index in [0.717, 1.165) is 12.2 Å². The molecule has 0 aliphatic heterocycles. The largest absolute Gasteiger partial charge is 0.325 e. The van der Waals surface area contributed by atoms with Crippen molar-refractivity contribution in [3.8, 4) is 0 Å². The molecular weight excluding hydrogens is 182 g/mol. The zero-order chi connectivity index (χ0) is 9.52. The first kappa shape index (κ1) is 10.6. The van der Waals surface area contributed by atoms with Crippen molar-refractivity contribution in [1.29, 1.82) is 0 Å². The normalized spacial score (nSPS) is 10.6. The smallest absolute Gasteiger partial charge is 0.0519 e. The number of hydrogen-bond donors (Lipinski definition) is 1. The van der Waals surface area contributed by atoms with E-state index in [-0.39, 0.29) is 0 Å². The highest BCUT2D eigenvalue weighted by Crippen LogP contribution is 2.04. The predicted molar refractivity (Wildman–Crippen MR) is 57.7 cm³/mol. The molecule has 2 N–H and O–H groups in total. The lowest BCUT2D eigenvalue weighted by molar-refractivity contribution is 0.578. The van der Waals surface area contributed by atoms with E-state index in [0.29, 0.717) is 6.54 Å². The van der Waals surface area contributed by atoms with Crippen LogP contribution in [0.5, 0.6) is 0 Å². The second-order valence-electron chi connectivity index (χ2n) is 2.80. The molecule has 0 atom stereocenters. The number of rotatable bonds is 6. The molecule has 74 valence electrons. The Morgan fingerprint density at radius 3 is 3.15 bits per heavy atom. The molecule has 0 fully saturated rings. The van der Waals surface area contributed by atoms with E-state index in [2.05, 4.69) is 12.0 Å². The van der Waals surface area contributed by atoms with E-state index in [9.17, 15) is 0 Å². The van der Waals surface area contributed by atoms with Gasteiger partial charge < -0.3 is 5.73 Å². The molecule has 0 aliphatic rings. The van der Waals surface area contributed by atoms with E-state index >= 15 is 0 Å². The Morgan fingerprint density at radius 1 is 1.62 bits per heavy atom. The van der Waals surface area contributed by atoms with Crippen LogP contribution in [0, 0.1) is 0 Å². The lowest BCUT2D eigenvalue weighted by Crippen LogP contribution is -2.09. The summed E-state index contributed by atoms with van der Waals surface area (Å²) in [5.74, 6) is 2.41. The summed E-state index contributed by atoms with van der Waals surface area (Å²) >= 11 is 1.97. The maximum absolute atomic E-state index is 5.56. The molecule has 1 aromatic rings. The van der Waals surface area contributed by atoms with Gasteiger partial charge in [-0.3, -0.25) is 4.68 Å². The molecular formula is C9H17N3S. The van der Waals surface area contributed by atoms with Crippen LogP contribution in [0.15, 0.2) is 12.3 Å². The van der Waals surface area contributed by atoms with Gasteiger partial charge in [0, 0.05) is 19.3 Å². The summed E-state index contributed by atoms with van der Waals surface area (Å²) < 4.78 is 2.00. The van der Waals surface area contributed by atoms with Gasteiger partial charge in [0.05, 0.1) is 5.69 Å². The average molecular weight is 199 g/mol. The fourth-order valence-corrected chi connectivity index (χ4v) is 1.82. The van der Waals surface area contributed by atoms with E-state index in [1.807, 2.05) is 28.7 Å². The number of nitrogens with two attached hydrogens (primary N) is 1. The highest BCUT2D eigenvalue weighted by Gasteiger charge is 1.98. The molecule has 0 aliphatic carbocycles. The third kappa shape index (κ3) is 3.40. The third-order valence-corrected chi connectivity index (χ3v) is 2.86. The minimum Gasteiger partial charge on any atom is -0.325 e. The summed E-state index contributed by atoms with van der Waals surface area (Å²) in [5, 5.41) is 4.21. The van der Waals surface area contributed by atoms with Crippen LogP contribution in [-0.2, 0) is 13.1 Å². The van der Waals surface area contributed by atoms with Crippen molar-refractivity contribution in [2.24, 2.45) is 5.73 Å². The summed E-state index contributed by atoms with van der Waals surface area (Å²) in [4.78, 5) is 0. The Balaban J connectivity index is 2.27. The molecule has 0 spiro atoms. The molecule has 0 aromatic carbocycles. The van der Waals surface area contributed by atoms with Crippen molar-refractivity contribution in [1.82, 2.24) is 9.78 Å². The van der Waals surface area contributed by atoms with Crippen LogP contribution in [0.4, 0.5) is 0 Å². The number of nitrogens with zero attached hydrogens (tertiary/aromatic N) is 2. The topological polar surface area (TPSA) is 43.8 Å². The quantitative estimate of drug-likeness (QED) is 0.706. The minimum absolute atomic E-state index is 0.584. The first-order chi connectivity index (χ1) is 6.38. The number of hydrogen-bond acceptors (Lipinski definition) is 3. The van der Waals surface area contributed by atoms with Gasteiger partial charge in [-0.05, 0) is 24.0 Å².